The summed E-state index contributed by atoms with van der Waals surface area (Å²) in [5.74, 6) is 0. The Morgan fingerprint density at radius 1 is 1.00 bits per heavy atom. The highest BCUT2D eigenvalue weighted by atomic mass is 32.2. The van der Waals surface area contributed by atoms with E-state index in [1.54, 1.807) is 0 Å². The first-order valence-corrected chi connectivity index (χ1v) is 5.68. The van der Waals surface area contributed by atoms with Gasteiger partial charge in [0.15, 0.2) is 6.10 Å². The third kappa shape index (κ3) is 4.92. The molecule has 0 saturated heterocycles. The minimum atomic E-state index is -4.89. The van der Waals surface area contributed by atoms with Crippen LogP contribution in [-0.2, 0) is 0 Å². The molecule has 0 aliphatic rings. The Labute approximate surface area is 108 Å². The fraction of sp³-hybridized carbons (Fsp3) is 0.400. The first-order chi connectivity index (χ1) is 8.50. The number of hydrogen-bond donors (Lipinski definition) is 2. The lowest BCUT2D eigenvalue weighted by Crippen LogP contribution is -2.38. The molecule has 0 aromatic heterocycles. The predicted octanol–water partition coefficient (Wildman–Crippen LogP) is 3.22. The number of nitrogens with two attached hydrogens (primary N) is 1. The van der Waals surface area contributed by atoms with Crippen LogP contribution in [0.3, 0.4) is 0 Å². The quantitative estimate of drug-likeness (QED) is 0.666. The average Bonchev–Trinajstić information content (AvgIpc) is 2.24. The molecule has 0 radical (unpaired) electrons. The number of rotatable bonds is 3. The number of aliphatic hydroxyl groups is 1. The third-order valence-electron chi connectivity index (χ3n) is 2.17. The maximum atomic E-state index is 12.2. The van der Waals surface area contributed by atoms with Crippen molar-refractivity contribution >= 4 is 11.8 Å². The number of halogens is 6. The zero-order valence-electron chi connectivity index (χ0n) is 9.16. The van der Waals surface area contributed by atoms with E-state index in [0.717, 1.165) is 24.3 Å². The summed E-state index contributed by atoms with van der Waals surface area (Å²) >= 11 is -0.390. The third-order valence-corrected chi connectivity index (χ3v) is 2.91. The molecule has 0 unspecified atom stereocenters. The Bertz CT molecular complexity index is 416. The van der Waals surface area contributed by atoms with Crippen LogP contribution in [-0.4, -0.2) is 22.9 Å². The second-order valence-electron chi connectivity index (χ2n) is 3.63. The Hall–Kier alpha value is -0.930. The molecule has 0 spiro atoms. The topological polar surface area (TPSA) is 46.2 Å². The molecule has 0 bridgehead atoms. The maximum absolute atomic E-state index is 12.2. The zero-order chi connectivity index (χ0) is 14.8. The molecule has 1 aromatic rings. The molecule has 1 aromatic carbocycles. The standard InChI is InChI=1S/C10H9F6NOS/c11-9(12,13)8(18)7(17)5-1-3-6(4-2-5)19-10(14,15)16/h1-4,7-8,18H,17H2/t7-,8-/m1/s1. The molecule has 0 fully saturated rings. The monoisotopic (exact) mass is 305 g/mol. The molecule has 0 heterocycles. The van der Waals surface area contributed by atoms with E-state index in [1.807, 2.05) is 0 Å². The Morgan fingerprint density at radius 3 is 1.84 bits per heavy atom. The van der Waals surface area contributed by atoms with Gasteiger partial charge in [0, 0.05) is 4.90 Å². The summed E-state index contributed by atoms with van der Waals surface area (Å²) in [6.07, 6.45) is -7.66. The van der Waals surface area contributed by atoms with E-state index in [0.29, 0.717) is 0 Å². The molecule has 3 N–H and O–H groups in total. The molecule has 19 heavy (non-hydrogen) atoms. The molecule has 0 saturated carbocycles. The smallest absolute Gasteiger partial charge is 0.382 e. The van der Waals surface area contributed by atoms with Crippen molar-refractivity contribution < 1.29 is 31.4 Å². The van der Waals surface area contributed by atoms with E-state index in [1.165, 1.54) is 0 Å². The van der Waals surface area contributed by atoms with Crippen molar-refractivity contribution in [3.63, 3.8) is 0 Å². The Kier molecular flexibility index (Phi) is 4.75. The van der Waals surface area contributed by atoms with Crippen LogP contribution in [0.25, 0.3) is 0 Å². The van der Waals surface area contributed by atoms with Gasteiger partial charge in [0.2, 0.25) is 0 Å². The van der Waals surface area contributed by atoms with Gasteiger partial charge in [0.25, 0.3) is 0 Å². The Balaban J connectivity index is 2.82. The van der Waals surface area contributed by atoms with Crippen molar-refractivity contribution in [2.45, 2.75) is 28.7 Å². The second-order valence-corrected chi connectivity index (χ2v) is 4.77. The Morgan fingerprint density at radius 2 is 1.47 bits per heavy atom. The lowest BCUT2D eigenvalue weighted by molar-refractivity contribution is -0.210. The molecule has 108 valence electrons. The number of alkyl halides is 6. The normalized spacial score (nSPS) is 16.2. The largest absolute Gasteiger partial charge is 0.446 e. The predicted molar refractivity (Wildman–Crippen MR) is 57.3 cm³/mol. The van der Waals surface area contributed by atoms with Gasteiger partial charge in [-0.05, 0) is 29.5 Å². The van der Waals surface area contributed by atoms with Gasteiger partial charge in [-0.3, -0.25) is 0 Å². The zero-order valence-corrected chi connectivity index (χ0v) is 9.98. The summed E-state index contributed by atoms with van der Waals surface area (Å²) < 4.78 is 72.7. The lowest BCUT2D eigenvalue weighted by Gasteiger charge is -2.21. The van der Waals surface area contributed by atoms with Gasteiger partial charge >= 0.3 is 11.7 Å². The van der Waals surface area contributed by atoms with E-state index in [2.05, 4.69) is 0 Å². The highest BCUT2D eigenvalue weighted by Crippen LogP contribution is 2.37. The maximum Gasteiger partial charge on any atom is 0.446 e. The van der Waals surface area contributed by atoms with Crippen LogP contribution in [0.1, 0.15) is 11.6 Å². The van der Waals surface area contributed by atoms with Gasteiger partial charge < -0.3 is 10.8 Å². The molecule has 0 aliphatic heterocycles. The minimum absolute atomic E-state index is 0.101. The molecule has 9 heteroatoms. The summed E-state index contributed by atoms with van der Waals surface area (Å²) in [6, 6.07) is 2.29. The van der Waals surface area contributed by atoms with Gasteiger partial charge in [-0.15, -0.1) is 0 Å². The van der Waals surface area contributed by atoms with Gasteiger partial charge in [-0.1, -0.05) is 12.1 Å². The molecular formula is C10H9F6NOS. The highest BCUT2D eigenvalue weighted by molar-refractivity contribution is 8.00. The average molecular weight is 305 g/mol. The van der Waals surface area contributed by atoms with Crippen LogP contribution in [0.4, 0.5) is 26.3 Å². The minimum Gasteiger partial charge on any atom is -0.382 e. The first kappa shape index (κ1) is 16.1. The molecule has 0 amide bonds. The van der Waals surface area contributed by atoms with Crippen molar-refractivity contribution in [2.24, 2.45) is 5.73 Å². The molecule has 2 nitrogen and oxygen atoms in total. The van der Waals surface area contributed by atoms with Crippen LogP contribution in [0.2, 0.25) is 0 Å². The van der Waals surface area contributed by atoms with Gasteiger partial charge in [-0.25, -0.2) is 0 Å². The van der Waals surface area contributed by atoms with Gasteiger partial charge in [-0.2, -0.15) is 26.3 Å². The van der Waals surface area contributed by atoms with E-state index in [9.17, 15) is 26.3 Å². The van der Waals surface area contributed by atoms with Crippen LogP contribution >= 0.6 is 11.8 Å². The molecule has 1 rings (SSSR count). The second kappa shape index (κ2) is 5.59. The molecular weight excluding hydrogens is 296 g/mol. The number of hydrogen-bond acceptors (Lipinski definition) is 3. The van der Waals surface area contributed by atoms with E-state index >= 15 is 0 Å². The summed E-state index contributed by atoms with van der Waals surface area (Å²) in [4.78, 5) is -0.176. The first-order valence-electron chi connectivity index (χ1n) is 4.87. The molecule has 2 atom stereocenters. The molecule has 0 aliphatic carbocycles. The summed E-state index contributed by atoms with van der Waals surface area (Å²) in [5.41, 5.74) is 0.625. The fourth-order valence-electron chi connectivity index (χ4n) is 1.28. The van der Waals surface area contributed by atoms with E-state index in [4.69, 9.17) is 10.8 Å². The van der Waals surface area contributed by atoms with Crippen molar-refractivity contribution in [3.05, 3.63) is 29.8 Å². The number of benzene rings is 1. The summed E-state index contributed by atoms with van der Waals surface area (Å²) in [6.45, 7) is 0. The number of thioether (sulfide) groups is 1. The summed E-state index contributed by atoms with van der Waals surface area (Å²) in [5, 5.41) is 8.93. The van der Waals surface area contributed by atoms with Crippen LogP contribution < -0.4 is 5.73 Å². The fourth-order valence-corrected chi connectivity index (χ4v) is 1.82. The van der Waals surface area contributed by atoms with E-state index in [-0.39, 0.29) is 10.5 Å². The van der Waals surface area contributed by atoms with Crippen molar-refractivity contribution in [1.29, 1.82) is 0 Å². The van der Waals surface area contributed by atoms with Crippen LogP contribution in [0.15, 0.2) is 29.2 Å². The van der Waals surface area contributed by atoms with Crippen LogP contribution in [0, 0.1) is 0 Å². The summed E-state index contributed by atoms with van der Waals surface area (Å²) in [7, 11) is 0. The van der Waals surface area contributed by atoms with Crippen molar-refractivity contribution in [3.8, 4) is 0 Å². The van der Waals surface area contributed by atoms with Crippen LogP contribution in [0.5, 0.6) is 0 Å². The van der Waals surface area contributed by atoms with Crippen molar-refractivity contribution in [2.75, 3.05) is 0 Å². The highest BCUT2D eigenvalue weighted by Gasteiger charge is 2.42. The van der Waals surface area contributed by atoms with Gasteiger partial charge in [0.05, 0.1) is 6.04 Å². The van der Waals surface area contributed by atoms with Crippen molar-refractivity contribution in [1.82, 2.24) is 0 Å². The SMILES string of the molecule is N[C@H](c1ccc(SC(F)(F)F)cc1)[C@@H](O)C(F)(F)F. The van der Waals surface area contributed by atoms with Gasteiger partial charge in [0.1, 0.15) is 0 Å². The lowest BCUT2D eigenvalue weighted by atomic mass is 10.0. The number of aliphatic hydroxyl groups excluding tert-OH is 1. The van der Waals surface area contributed by atoms with E-state index < -0.39 is 35.6 Å².